The first-order valence-electron chi connectivity index (χ1n) is 5.05. The van der Waals surface area contributed by atoms with Crippen molar-refractivity contribution in [3.63, 3.8) is 0 Å². The number of hydrogen-bond donors (Lipinski definition) is 1. The van der Waals surface area contributed by atoms with Gasteiger partial charge in [0.25, 0.3) is 0 Å². The zero-order valence-electron chi connectivity index (χ0n) is 9.05. The predicted molar refractivity (Wildman–Crippen MR) is 63.0 cm³/mol. The van der Waals surface area contributed by atoms with Crippen LogP contribution in [0.5, 0.6) is 0 Å². The maximum Gasteiger partial charge on any atom is 0.0408 e. The van der Waals surface area contributed by atoms with Crippen LogP contribution in [-0.2, 0) is 0 Å². The molecule has 0 aliphatic rings. The quantitative estimate of drug-likeness (QED) is 0.806. The molecule has 1 aromatic carbocycles. The molecule has 2 unspecified atom stereocenters. The predicted octanol–water partition coefficient (Wildman–Crippen LogP) is 3.30. The van der Waals surface area contributed by atoms with Crippen molar-refractivity contribution in [2.45, 2.75) is 19.8 Å². The molecule has 0 heterocycles. The summed E-state index contributed by atoms with van der Waals surface area (Å²) in [6.45, 7) is 5.53. The average molecular weight is 212 g/mol. The third kappa shape index (κ3) is 3.00. The fraction of sp³-hybridized carbons (Fsp3) is 0.500. The van der Waals surface area contributed by atoms with Gasteiger partial charge in [-0.1, -0.05) is 37.6 Å². The second-order valence-electron chi connectivity index (χ2n) is 3.88. The number of nitrogens with one attached hydrogen (secondary N) is 1. The van der Waals surface area contributed by atoms with Gasteiger partial charge < -0.3 is 5.32 Å². The topological polar surface area (TPSA) is 12.0 Å². The third-order valence-electron chi connectivity index (χ3n) is 2.75. The van der Waals surface area contributed by atoms with Gasteiger partial charge in [-0.2, -0.15) is 0 Å². The molecular formula is C12H18ClN. The monoisotopic (exact) mass is 211 g/mol. The summed E-state index contributed by atoms with van der Waals surface area (Å²) >= 11 is 5.96. The molecule has 2 atom stereocenters. The summed E-state index contributed by atoms with van der Waals surface area (Å²) < 4.78 is 0. The Balaban J connectivity index is 2.73. The highest BCUT2D eigenvalue weighted by atomic mass is 35.5. The Kier molecular flexibility index (Phi) is 4.43. The van der Waals surface area contributed by atoms with E-state index in [0.717, 1.165) is 11.6 Å². The van der Waals surface area contributed by atoms with E-state index >= 15 is 0 Å². The van der Waals surface area contributed by atoms with Crippen molar-refractivity contribution in [1.29, 1.82) is 0 Å². The Hall–Kier alpha value is -0.530. The first-order chi connectivity index (χ1) is 6.65. The van der Waals surface area contributed by atoms with Crippen LogP contribution in [0.2, 0.25) is 5.02 Å². The zero-order valence-corrected chi connectivity index (χ0v) is 9.81. The first kappa shape index (κ1) is 11.5. The summed E-state index contributed by atoms with van der Waals surface area (Å²) in [6, 6.07) is 8.13. The molecular weight excluding hydrogens is 194 g/mol. The molecule has 0 spiro atoms. The smallest absolute Gasteiger partial charge is 0.0408 e. The molecule has 1 aromatic rings. The van der Waals surface area contributed by atoms with Gasteiger partial charge in [0, 0.05) is 5.02 Å². The van der Waals surface area contributed by atoms with Gasteiger partial charge in [0.1, 0.15) is 0 Å². The summed E-state index contributed by atoms with van der Waals surface area (Å²) in [6.07, 6.45) is 0. The van der Waals surface area contributed by atoms with Crippen LogP contribution in [0.3, 0.4) is 0 Å². The van der Waals surface area contributed by atoms with Crippen LogP contribution in [0.4, 0.5) is 0 Å². The largest absolute Gasteiger partial charge is 0.319 e. The molecule has 0 aromatic heterocycles. The van der Waals surface area contributed by atoms with E-state index in [9.17, 15) is 0 Å². The van der Waals surface area contributed by atoms with Crippen molar-refractivity contribution in [2.24, 2.45) is 5.92 Å². The molecule has 0 aliphatic heterocycles. The Morgan fingerprint density at radius 3 is 2.64 bits per heavy atom. The van der Waals surface area contributed by atoms with Crippen molar-refractivity contribution in [3.8, 4) is 0 Å². The van der Waals surface area contributed by atoms with Gasteiger partial charge in [-0.3, -0.25) is 0 Å². The van der Waals surface area contributed by atoms with E-state index in [1.54, 1.807) is 0 Å². The van der Waals surface area contributed by atoms with Crippen molar-refractivity contribution in [2.75, 3.05) is 13.6 Å². The van der Waals surface area contributed by atoms with Crippen LogP contribution in [0.1, 0.15) is 25.3 Å². The number of benzene rings is 1. The SMILES string of the molecule is CNCC(C)C(C)c1cccc(Cl)c1. The van der Waals surface area contributed by atoms with Crippen LogP contribution < -0.4 is 5.32 Å². The summed E-state index contributed by atoms with van der Waals surface area (Å²) in [5.41, 5.74) is 1.32. The lowest BCUT2D eigenvalue weighted by Crippen LogP contribution is -2.20. The zero-order chi connectivity index (χ0) is 10.6. The van der Waals surface area contributed by atoms with E-state index < -0.39 is 0 Å². The van der Waals surface area contributed by atoms with Crippen molar-refractivity contribution in [1.82, 2.24) is 5.32 Å². The molecule has 0 fully saturated rings. The minimum Gasteiger partial charge on any atom is -0.319 e. The Morgan fingerprint density at radius 2 is 2.07 bits per heavy atom. The van der Waals surface area contributed by atoms with E-state index in [2.05, 4.69) is 31.3 Å². The molecule has 0 bridgehead atoms. The number of halogens is 1. The fourth-order valence-electron chi connectivity index (χ4n) is 1.62. The molecule has 1 N–H and O–H groups in total. The molecule has 0 saturated carbocycles. The summed E-state index contributed by atoms with van der Waals surface area (Å²) in [5.74, 6) is 1.17. The molecule has 0 aliphatic carbocycles. The van der Waals surface area contributed by atoms with E-state index in [0.29, 0.717) is 11.8 Å². The molecule has 14 heavy (non-hydrogen) atoms. The highest BCUT2D eigenvalue weighted by Gasteiger charge is 2.13. The van der Waals surface area contributed by atoms with E-state index in [4.69, 9.17) is 11.6 Å². The van der Waals surface area contributed by atoms with Crippen LogP contribution in [0.25, 0.3) is 0 Å². The summed E-state index contributed by atoms with van der Waals surface area (Å²) in [5, 5.41) is 4.02. The van der Waals surface area contributed by atoms with E-state index in [1.807, 2.05) is 19.2 Å². The van der Waals surface area contributed by atoms with Crippen molar-refractivity contribution >= 4 is 11.6 Å². The Bertz CT molecular complexity index is 285. The summed E-state index contributed by atoms with van der Waals surface area (Å²) in [7, 11) is 1.99. The van der Waals surface area contributed by atoms with Gasteiger partial charge in [0.15, 0.2) is 0 Å². The van der Waals surface area contributed by atoms with Gasteiger partial charge in [-0.25, -0.2) is 0 Å². The van der Waals surface area contributed by atoms with Crippen LogP contribution in [-0.4, -0.2) is 13.6 Å². The lowest BCUT2D eigenvalue weighted by atomic mass is 9.89. The van der Waals surface area contributed by atoms with Crippen molar-refractivity contribution < 1.29 is 0 Å². The van der Waals surface area contributed by atoms with Gasteiger partial charge >= 0.3 is 0 Å². The minimum absolute atomic E-state index is 0.543. The van der Waals surface area contributed by atoms with Gasteiger partial charge in [0.05, 0.1) is 0 Å². The number of hydrogen-bond acceptors (Lipinski definition) is 1. The van der Waals surface area contributed by atoms with Gasteiger partial charge in [-0.15, -0.1) is 0 Å². The molecule has 0 amide bonds. The Morgan fingerprint density at radius 1 is 1.36 bits per heavy atom. The maximum atomic E-state index is 5.96. The van der Waals surface area contributed by atoms with Crippen LogP contribution in [0, 0.1) is 5.92 Å². The highest BCUT2D eigenvalue weighted by molar-refractivity contribution is 6.30. The average Bonchev–Trinajstić information content (AvgIpc) is 2.17. The molecule has 0 saturated heterocycles. The number of rotatable bonds is 4. The van der Waals surface area contributed by atoms with E-state index in [-0.39, 0.29) is 0 Å². The van der Waals surface area contributed by atoms with E-state index in [1.165, 1.54) is 5.56 Å². The molecule has 0 radical (unpaired) electrons. The molecule has 2 heteroatoms. The molecule has 78 valence electrons. The second kappa shape index (κ2) is 5.38. The normalized spacial score (nSPS) is 15.1. The van der Waals surface area contributed by atoms with Gasteiger partial charge in [-0.05, 0) is 43.1 Å². The fourth-order valence-corrected chi connectivity index (χ4v) is 1.82. The van der Waals surface area contributed by atoms with Crippen LogP contribution >= 0.6 is 11.6 Å². The van der Waals surface area contributed by atoms with Crippen LogP contribution in [0.15, 0.2) is 24.3 Å². The first-order valence-corrected chi connectivity index (χ1v) is 5.43. The maximum absolute atomic E-state index is 5.96. The van der Waals surface area contributed by atoms with Gasteiger partial charge in [0.2, 0.25) is 0 Å². The second-order valence-corrected chi connectivity index (χ2v) is 4.32. The molecule has 1 nitrogen and oxygen atoms in total. The Labute approximate surface area is 91.5 Å². The summed E-state index contributed by atoms with van der Waals surface area (Å²) in [4.78, 5) is 0. The molecule has 1 rings (SSSR count). The minimum atomic E-state index is 0.543. The highest BCUT2D eigenvalue weighted by Crippen LogP contribution is 2.25. The third-order valence-corrected chi connectivity index (χ3v) is 2.99. The lowest BCUT2D eigenvalue weighted by Gasteiger charge is -2.20. The lowest BCUT2D eigenvalue weighted by molar-refractivity contribution is 0.466. The van der Waals surface area contributed by atoms with Crippen molar-refractivity contribution in [3.05, 3.63) is 34.9 Å². The standard InChI is InChI=1S/C12H18ClN/c1-9(8-14-3)10(2)11-5-4-6-12(13)7-11/h4-7,9-10,14H,8H2,1-3H3.